The second kappa shape index (κ2) is 9.13. The van der Waals surface area contributed by atoms with Gasteiger partial charge in [0, 0.05) is 26.2 Å². The molecule has 1 fully saturated rings. The van der Waals surface area contributed by atoms with E-state index < -0.39 is 0 Å². The molecule has 1 aliphatic rings. The van der Waals surface area contributed by atoms with Crippen LogP contribution >= 0.6 is 12.4 Å². The molecular weight excluding hydrogens is 298 g/mol. The number of hydrogen-bond donors (Lipinski definition) is 1. The molecule has 0 spiro atoms. The maximum absolute atomic E-state index is 12.4. The van der Waals surface area contributed by atoms with Crippen LogP contribution in [-0.4, -0.2) is 55.5 Å². The van der Waals surface area contributed by atoms with Gasteiger partial charge in [-0.3, -0.25) is 9.69 Å². The van der Waals surface area contributed by atoms with Crippen LogP contribution in [-0.2, 0) is 11.3 Å². The summed E-state index contributed by atoms with van der Waals surface area (Å²) < 4.78 is 0. The number of nitrogens with one attached hydrogen (secondary N) is 1. The van der Waals surface area contributed by atoms with Gasteiger partial charge >= 0.3 is 0 Å². The van der Waals surface area contributed by atoms with Crippen molar-refractivity contribution >= 4 is 18.3 Å². The van der Waals surface area contributed by atoms with Gasteiger partial charge in [0.05, 0.1) is 6.54 Å². The largest absolute Gasteiger partial charge is 0.340 e. The van der Waals surface area contributed by atoms with Gasteiger partial charge in [0.1, 0.15) is 0 Å². The molecule has 1 heterocycles. The van der Waals surface area contributed by atoms with Crippen molar-refractivity contribution in [1.82, 2.24) is 15.1 Å². The number of likely N-dealkylation sites (tertiary alicyclic amines) is 1. The molecule has 0 bridgehead atoms. The van der Waals surface area contributed by atoms with Gasteiger partial charge in [-0.25, -0.2) is 0 Å². The van der Waals surface area contributed by atoms with E-state index in [2.05, 4.69) is 29.3 Å². The van der Waals surface area contributed by atoms with Gasteiger partial charge in [-0.15, -0.1) is 12.4 Å². The number of halogens is 1. The van der Waals surface area contributed by atoms with Crippen LogP contribution in [0.25, 0.3) is 0 Å². The summed E-state index contributed by atoms with van der Waals surface area (Å²) in [5.74, 6) is 0.204. The van der Waals surface area contributed by atoms with E-state index in [4.69, 9.17) is 0 Å². The molecule has 1 aliphatic heterocycles. The van der Waals surface area contributed by atoms with Crippen molar-refractivity contribution in [3.63, 3.8) is 0 Å². The Bertz CT molecular complexity index is 481. The van der Waals surface area contributed by atoms with Crippen molar-refractivity contribution < 1.29 is 4.79 Å². The fraction of sp³-hybridized carbons (Fsp3) is 0.588. The first kappa shape index (κ1) is 18.9. The van der Waals surface area contributed by atoms with Crippen LogP contribution in [0.4, 0.5) is 0 Å². The van der Waals surface area contributed by atoms with E-state index in [1.54, 1.807) is 0 Å². The summed E-state index contributed by atoms with van der Waals surface area (Å²) in [5.41, 5.74) is 2.46. The van der Waals surface area contributed by atoms with Crippen LogP contribution in [0.1, 0.15) is 24.0 Å². The maximum atomic E-state index is 12.4. The number of hydrogen-bond acceptors (Lipinski definition) is 3. The van der Waals surface area contributed by atoms with Crippen molar-refractivity contribution in [2.75, 3.05) is 33.7 Å². The minimum absolute atomic E-state index is 0. The number of piperidine rings is 1. The zero-order valence-electron chi connectivity index (χ0n) is 13.8. The molecule has 124 valence electrons. The summed E-state index contributed by atoms with van der Waals surface area (Å²) in [6, 6.07) is 8.77. The summed E-state index contributed by atoms with van der Waals surface area (Å²) in [6.07, 6.45) is 2.38. The molecule has 1 aromatic rings. The van der Waals surface area contributed by atoms with Crippen LogP contribution in [0, 0.1) is 6.92 Å². The lowest BCUT2D eigenvalue weighted by atomic mass is 10.1. The van der Waals surface area contributed by atoms with Crippen LogP contribution in [0.3, 0.4) is 0 Å². The average molecular weight is 326 g/mol. The topological polar surface area (TPSA) is 35.6 Å². The highest BCUT2D eigenvalue weighted by Crippen LogP contribution is 2.12. The Hall–Kier alpha value is -1.10. The molecule has 0 radical (unpaired) electrons. The first-order valence-electron chi connectivity index (χ1n) is 7.78. The highest BCUT2D eigenvalue weighted by Gasteiger charge is 2.21. The van der Waals surface area contributed by atoms with Gasteiger partial charge in [-0.1, -0.05) is 24.3 Å². The third-order valence-electron chi connectivity index (χ3n) is 4.37. The summed E-state index contributed by atoms with van der Waals surface area (Å²) >= 11 is 0. The number of aryl methyl sites for hydroxylation is 1. The van der Waals surface area contributed by atoms with Crippen molar-refractivity contribution in [3.8, 4) is 0 Å². The van der Waals surface area contributed by atoms with Crippen molar-refractivity contribution in [3.05, 3.63) is 35.4 Å². The van der Waals surface area contributed by atoms with Gasteiger partial charge in [0.15, 0.2) is 0 Å². The molecule has 4 nitrogen and oxygen atoms in total. The van der Waals surface area contributed by atoms with Crippen molar-refractivity contribution in [1.29, 1.82) is 0 Å². The predicted molar refractivity (Wildman–Crippen MR) is 93.4 cm³/mol. The minimum Gasteiger partial charge on any atom is -0.340 e. The third-order valence-corrected chi connectivity index (χ3v) is 4.37. The number of nitrogens with zero attached hydrogens (tertiary/aromatic N) is 2. The Morgan fingerprint density at radius 1 is 1.41 bits per heavy atom. The first-order valence-corrected chi connectivity index (χ1v) is 7.78. The summed E-state index contributed by atoms with van der Waals surface area (Å²) in [6.45, 7) is 5.31. The minimum atomic E-state index is 0. The Kier molecular flexibility index (Phi) is 7.87. The summed E-state index contributed by atoms with van der Waals surface area (Å²) in [7, 11) is 3.90. The molecule has 1 aromatic carbocycles. The number of carbonyl (C=O) groups is 1. The first-order chi connectivity index (χ1) is 10.1. The van der Waals surface area contributed by atoms with Gasteiger partial charge < -0.3 is 10.2 Å². The molecule has 0 aromatic heterocycles. The highest BCUT2D eigenvalue weighted by atomic mass is 35.5. The van der Waals surface area contributed by atoms with Crippen molar-refractivity contribution in [2.24, 2.45) is 0 Å². The van der Waals surface area contributed by atoms with Crippen LogP contribution in [0.15, 0.2) is 24.3 Å². The lowest BCUT2D eigenvalue weighted by Crippen LogP contribution is -2.48. The molecule has 1 unspecified atom stereocenters. The Labute approximate surface area is 140 Å². The van der Waals surface area contributed by atoms with E-state index >= 15 is 0 Å². The van der Waals surface area contributed by atoms with Gasteiger partial charge in [0.2, 0.25) is 5.91 Å². The standard InChI is InChI=1S/C17H27N3O.ClH/c1-14-7-4-5-8-15(14)11-19(3)17(21)13-20-10-6-9-16(12-20)18-2;/h4-5,7-8,16,18H,6,9-13H2,1-3H3;1H. The van der Waals surface area contributed by atoms with Gasteiger partial charge in [-0.2, -0.15) is 0 Å². The molecule has 22 heavy (non-hydrogen) atoms. The molecule has 0 aliphatic carbocycles. The van der Waals surface area contributed by atoms with E-state index in [1.807, 2.05) is 31.1 Å². The maximum Gasteiger partial charge on any atom is 0.236 e. The average Bonchev–Trinajstić information content (AvgIpc) is 2.49. The number of benzene rings is 1. The van der Waals surface area contributed by atoms with Crippen LogP contribution < -0.4 is 5.32 Å². The predicted octanol–water partition coefficient (Wildman–Crippen LogP) is 2.06. The molecule has 1 N–H and O–H groups in total. The smallest absolute Gasteiger partial charge is 0.236 e. The van der Waals surface area contributed by atoms with Crippen LogP contribution in [0.5, 0.6) is 0 Å². The summed E-state index contributed by atoms with van der Waals surface area (Å²) in [5, 5.41) is 3.32. The zero-order valence-corrected chi connectivity index (χ0v) is 14.7. The second-order valence-corrected chi connectivity index (χ2v) is 6.04. The van der Waals surface area contributed by atoms with Gasteiger partial charge in [0.25, 0.3) is 0 Å². The molecule has 5 heteroatoms. The fourth-order valence-corrected chi connectivity index (χ4v) is 2.88. The van der Waals surface area contributed by atoms with Gasteiger partial charge in [-0.05, 0) is 44.5 Å². The van der Waals surface area contributed by atoms with Crippen LogP contribution in [0.2, 0.25) is 0 Å². The van der Waals surface area contributed by atoms with E-state index in [0.717, 1.165) is 13.1 Å². The van der Waals surface area contributed by atoms with E-state index in [1.165, 1.54) is 24.0 Å². The molecular formula is C17H28ClN3O. The highest BCUT2D eigenvalue weighted by molar-refractivity contribution is 5.85. The Morgan fingerprint density at radius 3 is 2.82 bits per heavy atom. The normalized spacial score (nSPS) is 18.6. The number of amides is 1. The summed E-state index contributed by atoms with van der Waals surface area (Å²) in [4.78, 5) is 16.5. The fourth-order valence-electron chi connectivity index (χ4n) is 2.88. The zero-order chi connectivity index (χ0) is 15.2. The third kappa shape index (κ3) is 5.27. The lowest BCUT2D eigenvalue weighted by Gasteiger charge is -2.33. The van der Waals surface area contributed by atoms with Crippen molar-refractivity contribution in [2.45, 2.75) is 32.4 Å². The SMILES string of the molecule is CNC1CCCN(CC(=O)N(C)Cc2ccccc2C)C1.Cl. The Balaban J connectivity index is 0.00000242. The molecule has 0 saturated carbocycles. The quantitative estimate of drug-likeness (QED) is 0.900. The molecule has 2 rings (SSSR count). The lowest BCUT2D eigenvalue weighted by molar-refractivity contribution is -0.132. The van der Waals surface area contributed by atoms with E-state index in [0.29, 0.717) is 19.1 Å². The van der Waals surface area contributed by atoms with E-state index in [9.17, 15) is 4.79 Å². The monoisotopic (exact) mass is 325 g/mol. The molecule has 1 saturated heterocycles. The Morgan fingerprint density at radius 2 is 2.14 bits per heavy atom. The molecule has 1 amide bonds. The molecule has 1 atom stereocenters. The number of carbonyl (C=O) groups excluding carboxylic acids is 1. The number of likely N-dealkylation sites (N-methyl/N-ethyl adjacent to an activating group) is 2. The second-order valence-electron chi connectivity index (χ2n) is 6.04. The number of rotatable bonds is 5. The van der Waals surface area contributed by atoms with E-state index in [-0.39, 0.29) is 18.3 Å².